The van der Waals surface area contributed by atoms with Crippen LogP contribution < -0.4 is 10.1 Å². The lowest BCUT2D eigenvalue weighted by molar-refractivity contribution is 0.0939. The van der Waals surface area contributed by atoms with Crippen molar-refractivity contribution in [3.8, 4) is 11.5 Å². The van der Waals surface area contributed by atoms with Gasteiger partial charge in [0.25, 0.3) is 5.91 Å². The second-order valence-electron chi connectivity index (χ2n) is 4.41. The zero-order valence-electron chi connectivity index (χ0n) is 11.5. The summed E-state index contributed by atoms with van der Waals surface area (Å²) >= 11 is 1.51. The predicted molar refractivity (Wildman–Crippen MR) is 77.4 cm³/mol. The Morgan fingerprint density at radius 2 is 2.25 bits per heavy atom. The highest BCUT2D eigenvalue weighted by molar-refractivity contribution is 7.09. The van der Waals surface area contributed by atoms with Crippen LogP contribution in [0.3, 0.4) is 0 Å². The van der Waals surface area contributed by atoms with Gasteiger partial charge in [-0.25, -0.2) is 4.98 Å². The number of aryl methyl sites for hydroxylation is 1. The molecular weight excluding hydrogens is 276 g/mol. The van der Waals surface area contributed by atoms with Gasteiger partial charge in [0, 0.05) is 16.6 Å². The molecule has 5 nitrogen and oxygen atoms in total. The van der Waals surface area contributed by atoms with E-state index in [1.807, 2.05) is 19.2 Å². The van der Waals surface area contributed by atoms with Crippen molar-refractivity contribution in [1.29, 1.82) is 0 Å². The van der Waals surface area contributed by atoms with E-state index in [1.54, 1.807) is 12.1 Å². The molecule has 106 valence electrons. The minimum atomic E-state index is -0.261. The van der Waals surface area contributed by atoms with Crippen LogP contribution in [0.5, 0.6) is 11.5 Å². The fourth-order valence-corrected chi connectivity index (χ4v) is 2.55. The molecule has 1 heterocycles. The molecule has 0 aliphatic rings. The molecule has 0 bridgehead atoms. The second kappa shape index (κ2) is 5.92. The number of amides is 1. The Hall–Kier alpha value is -2.08. The summed E-state index contributed by atoms with van der Waals surface area (Å²) in [6.07, 6.45) is 0. The first kappa shape index (κ1) is 14.3. The van der Waals surface area contributed by atoms with E-state index in [4.69, 9.17) is 4.74 Å². The van der Waals surface area contributed by atoms with E-state index in [2.05, 4.69) is 10.3 Å². The highest BCUT2D eigenvalue weighted by Gasteiger charge is 2.15. The lowest BCUT2D eigenvalue weighted by Gasteiger charge is -2.12. The maximum atomic E-state index is 12.1. The first-order valence-corrected chi connectivity index (χ1v) is 6.99. The van der Waals surface area contributed by atoms with Crippen LogP contribution in [-0.2, 0) is 0 Å². The summed E-state index contributed by atoms with van der Waals surface area (Å²) in [7, 11) is 1.46. The molecule has 0 aliphatic carbocycles. The zero-order valence-corrected chi connectivity index (χ0v) is 12.3. The number of phenolic OH excluding ortho intramolecular Hbond substituents is 1. The number of hydrogen-bond acceptors (Lipinski definition) is 5. The molecule has 2 aromatic rings. The highest BCUT2D eigenvalue weighted by Crippen LogP contribution is 2.26. The topological polar surface area (TPSA) is 71.5 Å². The van der Waals surface area contributed by atoms with Gasteiger partial charge in [0.15, 0.2) is 11.5 Å². The van der Waals surface area contributed by atoms with Gasteiger partial charge in [0.05, 0.1) is 13.2 Å². The average Bonchev–Trinajstić information content (AvgIpc) is 2.85. The van der Waals surface area contributed by atoms with E-state index in [1.165, 1.54) is 24.5 Å². The van der Waals surface area contributed by atoms with Crippen molar-refractivity contribution in [1.82, 2.24) is 10.3 Å². The third kappa shape index (κ3) is 3.08. The number of benzene rings is 1. The van der Waals surface area contributed by atoms with Crippen LogP contribution in [0.2, 0.25) is 0 Å². The minimum absolute atomic E-state index is 0.0575. The molecule has 6 heteroatoms. The van der Waals surface area contributed by atoms with Crippen molar-refractivity contribution in [3.05, 3.63) is 39.8 Å². The van der Waals surface area contributed by atoms with Gasteiger partial charge in [-0.2, -0.15) is 0 Å². The van der Waals surface area contributed by atoms with Gasteiger partial charge in [-0.05, 0) is 32.0 Å². The van der Waals surface area contributed by atoms with Gasteiger partial charge in [-0.15, -0.1) is 11.3 Å². The monoisotopic (exact) mass is 292 g/mol. The largest absolute Gasteiger partial charge is 0.504 e. The van der Waals surface area contributed by atoms with Crippen LogP contribution >= 0.6 is 11.3 Å². The molecule has 1 aromatic heterocycles. The third-order valence-electron chi connectivity index (χ3n) is 2.80. The number of thiazole rings is 1. The molecule has 0 aliphatic heterocycles. The highest BCUT2D eigenvalue weighted by atomic mass is 32.1. The number of ether oxygens (including phenoxy) is 1. The Bertz CT molecular complexity index is 625. The van der Waals surface area contributed by atoms with Crippen LogP contribution in [0.1, 0.15) is 34.0 Å². The van der Waals surface area contributed by atoms with Crippen LogP contribution in [0.15, 0.2) is 23.6 Å². The predicted octanol–water partition coefficient (Wildman–Crippen LogP) is 2.66. The Kier molecular flexibility index (Phi) is 4.24. The van der Waals surface area contributed by atoms with Crippen LogP contribution in [-0.4, -0.2) is 23.1 Å². The standard InChI is InChI=1S/C14H16N2O3S/c1-8-7-20-14(15-8)9(2)16-13(18)10-4-5-12(19-3)11(17)6-10/h4-7,9,17H,1-3H3,(H,16,18). The molecule has 0 radical (unpaired) electrons. The van der Waals surface area contributed by atoms with Crippen LogP contribution in [0, 0.1) is 6.92 Å². The molecular formula is C14H16N2O3S. The van der Waals surface area contributed by atoms with Crippen molar-refractivity contribution >= 4 is 17.2 Å². The average molecular weight is 292 g/mol. The molecule has 1 amide bonds. The number of phenols is 1. The number of carbonyl (C=O) groups excluding carboxylic acids is 1. The quantitative estimate of drug-likeness (QED) is 0.908. The SMILES string of the molecule is COc1ccc(C(=O)NC(C)c2nc(C)cs2)cc1O. The van der Waals surface area contributed by atoms with Gasteiger partial charge in [-0.1, -0.05) is 0 Å². The number of nitrogens with one attached hydrogen (secondary N) is 1. The lowest BCUT2D eigenvalue weighted by atomic mass is 10.2. The normalized spacial score (nSPS) is 11.9. The summed E-state index contributed by atoms with van der Waals surface area (Å²) in [5, 5.41) is 15.3. The van der Waals surface area contributed by atoms with Crippen molar-refractivity contribution in [3.63, 3.8) is 0 Å². The number of hydrogen-bond donors (Lipinski definition) is 2. The van der Waals surface area contributed by atoms with Gasteiger partial charge < -0.3 is 15.2 Å². The number of rotatable bonds is 4. The number of aromatic nitrogens is 1. The van der Waals surface area contributed by atoms with E-state index in [0.717, 1.165) is 10.7 Å². The molecule has 20 heavy (non-hydrogen) atoms. The van der Waals surface area contributed by atoms with E-state index < -0.39 is 0 Å². The maximum absolute atomic E-state index is 12.1. The molecule has 2 N–H and O–H groups in total. The summed E-state index contributed by atoms with van der Waals surface area (Å²) in [6, 6.07) is 4.37. The van der Waals surface area contributed by atoms with Gasteiger partial charge in [0.1, 0.15) is 5.01 Å². The third-order valence-corrected chi connectivity index (χ3v) is 3.94. The summed E-state index contributed by atoms with van der Waals surface area (Å²) in [6.45, 7) is 3.79. The molecule has 1 unspecified atom stereocenters. The van der Waals surface area contributed by atoms with Crippen LogP contribution in [0.25, 0.3) is 0 Å². The first-order valence-electron chi connectivity index (χ1n) is 6.11. The van der Waals surface area contributed by atoms with E-state index in [9.17, 15) is 9.90 Å². The maximum Gasteiger partial charge on any atom is 0.251 e. The van der Waals surface area contributed by atoms with Crippen LogP contribution in [0.4, 0.5) is 0 Å². The minimum Gasteiger partial charge on any atom is -0.504 e. The molecule has 1 aromatic carbocycles. The smallest absolute Gasteiger partial charge is 0.251 e. The Balaban J connectivity index is 2.10. The zero-order chi connectivity index (χ0) is 14.7. The fourth-order valence-electron chi connectivity index (χ4n) is 1.74. The van der Waals surface area contributed by atoms with Crippen molar-refractivity contribution < 1.29 is 14.6 Å². The molecule has 0 spiro atoms. The summed E-state index contributed by atoms with van der Waals surface area (Å²) in [5.41, 5.74) is 1.32. The Labute approximate surface area is 121 Å². The Morgan fingerprint density at radius 1 is 1.50 bits per heavy atom. The van der Waals surface area contributed by atoms with Crippen molar-refractivity contribution in [2.75, 3.05) is 7.11 Å². The van der Waals surface area contributed by atoms with E-state index in [-0.39, 0.29) is 17.7 Å². The van der Waals surface area contributed by atoms with Gasteiger partial charge in [-0.3, -0.25) is 4.79 Å². The molecule has 1 atom stereocenters. The van der Waals surface area contributed by atoms with Crippen molar-refractivity contribution in [2.45, 2.75) is 19.9 Å². The lowest BCUT2D eigenvalue weighted by Crippen LogP contribution is -2.26. The number of nitrogens with zero attached hydrogens (tertiary/aromatic N) is 1. The van der Waals surface area contributed by atoms with Gasteiger partial charge in [0.2, 0.25) is 0 Å². The molecule has 0 saturated heterocycles. The number of aromatic hydroxyl groups is 1. The molecule has 0 saturated carbocycles. The molecule has 0 fully saturated rings. The summed E-state index contributed by atoms with van der Waals surface area (Å²) < 4.78 is 4.94. The summed E-state index contributed by atoms with van der Waals surface area (Å²) in [4.78, 5) is 16.4. The molecule has 2 rings (SSSR count). The number of methoxy groups -OCH3 is 1. The first-order chi connectivity index (χ1) is 9.51. The number of carbonyl (C=O) groups is 1. The van der Waals surface area contributed by atoms with Crippen molar-refractivity contribution in [2.24, 2.45) is 0 Å². The van der Waals surface area contributed by atoms with E-state index in [0.29, 0.717) is 11.3 Å². The second-order valence-corrected chi connectivity index (χ2v) is 5.30. The summed E-state index contributed by atoms with van der Waals surface area (Å²) in [5.74, 6) is 0.0198. The fraction of sp³-hybridized carbons (Fsp3) is 0.286. The van der Waals surface area contributed by atoms with Gasteiger partial charge >= 0.3 is 0 Å². The van der Waals surface area contributed by atoms with E-state index >= 15 is 0 Å². The Morgan fingerprint density at radius 3 is 2.80 bits per heavy atom.